The van der Waals surface area contributed by atoms with E-state index in [4.69, 9.17) is 4.74 Å². The minimum Gasteiger partial charge on any atom is -0.462 e. The Bertz CT molecular complexity index is 427. The Morgan fingerprint density at radius 1 is 1.56 bits per heavy atom. The monoisotopic (exact) mass is 240 g/mol. The van der Waals surface area contributed by atoms with Gasteiger partial charge in [0, 0.05) is 5.56 Å². The van der Waals surface area contributed by atoms with Gasteiger partial charge in [0.1, 0.15) is 5.82 Å². The van der Waals surface area contributed by atoms with Crippen LogP contribution >= 0.6 is 12.6 Å². The first-order valence-electron chi connectivity index (χ1n) is 4.89. The van der Waals surface area contributed by atoms with Crippen molar-refractivity contribution >= 4 is 24.7 Å². The molecule has 0 fully saturated rings. The van der Waals surface area contributed by atoms with E-state index in [1.54, 1.807) is 32.0 Å². The summed E-state index contributed by atoms with van der Waals surface area (Å²) in [5.74, 6) is -0.898. The molecule has 0 aliphatic carbocycles. The molecular weight excluding hydrogens is 227 g/mol. The van der Waals surface area contributed by atoms with Gasteiger partial charge >= 0.3 is 5.97 Å². The van der Waals surface area contributed by atoms with Crippen molar-refractivity contribution in [3.8, 4) is 0 Å². The maximum atomic E-state index is 13.6. The Kier molecular flexibility index (Phi) is 4.55. The molecule has 2 nitrogen and oxygen atoms in total. The molecule has 0 heterocycles. The summed E-state index contributed by atoms with van der Waals surface area (Å²) in [6, 6.07) is 4.96. The third kappa shape index (κ3) is 3.10. The number of halogens is 1. The molecule has 16 heavy (non-hydrogen) atoms. The first-order valence-corrected chi connectivity index (χ1v) is 5.34. The third-order valence-corrected chi connectivity index (χ3v) is 2.31. The molecule has 0 saturated heterocycles. The molecule has 0 bridgehead atoms. The lowest BCUT2D eigenvalue weighted by atomic mass is 10.1. The predicted octanol–water partition coefficient (Wildman–Crippen LogP) is 2.97. The van der Waals surface area contributed by atoms with Gasteiger partial charge in [0.05, 0.1) is 11.5 Å². The van der Waals surface area contributed by atoms with E-state index in [-0.39, 0.29) is 17.3 Å². The number of carbonyl (C=O) groups is 1. The van der Waals surface area contributed by atoms with Crippen molar-refractivity contribution in [2.75, 3.05) is 6.61 Å². The number of esters is 1. The second-order valence-electron chi connectivity index (χ2n) is 3.23. The Hall–Kier alpha value is -1.29. The largest absolute Gasteiger partial charge is 0.462 e. The number of rotatable bonds is 3. The van der Waals surface area contributed by atoms with Gasteiger partial charge in [-0.05, 0) is 25.5 Å². The lowest BCUT2D eigenvalue weighted by Crippen LogP contribution is -2.03. The average molecular weight is 240 g/mol. The van der Waals surface area contributed by atoms with Crippen LogP contribution in [0.1, 0.15) is 18.1 Å². The zero-order valence-electron chi connectivity index (χ0n) is 9.16. The quantitative estimate of drug-likeness (QED) is 0.499. The summed E-state index contributed by atoms with van der Waals surface area (Å²) in [6.45, 7) is 3.63. The van der Waals surface area contributed by atoms with Crippen molar-refractivity contribution in [1.82, 2.24) is 0 Å². The standard InChI is InChI=1S/C12H13FO2S/c1-3-15-12(14)10(16)7-9-6-4-5-8(2)11(9)13/h4-7,16H,3H2,1-2H3/b10-7-. The van der Waals surface area contributed by atoms with E-state index in [2.05, 4.69) is 12.6 Å². The lowest BCUT2D eigenvalue weighted by Gasteiger charge is -2.03. The number of aryl methyl sites for hydroxylation is 1. The van der Waals surface area contributed by atoms with E-state index in [1.165, 1.54) is 6.08 Å². The van der Waals surface area contributed by atoms with Gasteiger partial charge in [0.25, 0.3) is 0 Å². The molecule has 0 radical (unpaired) electrons. The molecule has 0 spiro atoms. The van der Waals surface area contributed by atoms with Crippen LogP contribution in [0.15, 0.2) is 23.1 Å². The number of ether oxygens (including phenoxy) is 1. The number of hydrogen-bond donors (Lipinski definition) is 1. The van der Waals surface area contributed by atoms with E-state index < -0.39 is 5.97 Å². The van der Waals surface area contributed by atoms with Crippen LogP contribution in [-0.4, -0.2) is 12.6 Å². The first kappa shape index (κ1) is 12.8. The van der Waals surface area contributed by atoms with Crippen molar-refractivity contribution in [2.45, 2.75) is 13.8 Å². The van der Waals surface area contributed by atoms with E-state index in [0.717, 1.165) is 0 Å². The highest BCUT2D eigenvalue weighted by Gasteiger charge is 2.08. The van der Waals surface area contributed by atoms with Crippen LogP contribution in [0.5, 0.6) is 0 Å². The summed E-state index contributed by atoms with van der Waals surface area (Å²) in [5.41, 5.74) is 0.858. The summed E-state index contributed by atoms with van der Waals surface area (Å²) in [7, 11) is 0. The minimum atomic E-state index is -0.549. The molecular formula is C12H13FO2S. The summed E-state index contributed by atoms with van der Waals surface area (Å²) < 4.78 is 18.3. The van der Waals surface area contributed by atoms with E-state index >= 15 is 0 Å². The summed E-state index contributed by atoms with van der Waals surface area (Å²) in [4.78, 5) is 11.3. The molecule has 0 aliphatic rings. The van der Waals surface area contributed by atoms with Gasteiger partial charge in [0.2, 0.25) is 0 Å². The van der Waals surface area contributed by atoms with Crippen LogP contribution < -0.4 is 0 Å². The molecule has 4 heteroatoms. The van der Waals surface area contributed by atoms with E-state index in [0.29, 0.717) is 11.1 Å². The summed E-state index contributed by atoms with van der Waals surface area (Å²) in [6.07, 6.45) is 1.36. The van der Waals surface area contributed by atoms with Gasteiger partial charge in [-0.1, -0.05) is 18.2 Å². The maximum absolute atomic E-state index is 13.6. The van der Waals surface area contributed by atoms with Crippen molar-refractivity contribution in [3.63, 3.8) is 0 Å². The zero-order valence-corrected chi connectivity index (χ0v) is 10.1. The third-order valence-electron chi connectivity index (χ3n) is 2.00. The highest BCUT2D eigenvalue weighted by atomic mass is 32.1. The average Bonchev–Trinajstić information content (AvgIpc) is 2.25. The summed E-state index contributed by atoms with van der Waals surface area (Å²) >= 11 is 3.97. The van der Waals surface area contributed by atoms with Crippen LogP contribution in [0.3, 0.4) is 0 Å². The van der Waals surface area contributed by atoms with Gasteiger partial charge in [0.15, 0.2) is 0 Å². The highest BCUT2D eigenvalue weighted by Crippen LogP contribution is 2.17. The number of carbonyl (C=O) groups excluding carboxylic acids is 1. The molecule has 0 atom stereocenters. The van der Waals surface area contributed by atoms with Gasteiger partial charge < -0.3 is 4.74 Å². The predicted molar refractivity (Wildman–Crippen MR) is 64.7 cm³/mol. The van der Waals surface area contributed by atoms with E-state index in [1.807, 2.05) is 0 Å². The SMILES string of the molecule is CCOC(=O)/C(S)=C/c1cccc(C)c1F. The summed E-state index contributed by atoms with van der Waals surface area (Å²) in [5, 5.41) is 0. The van der Waals surface area contributed by atoms with Crippen molar-refractivity contribution in [3.05, 3.63) is 40.0 Å². The Balaban J connectivity index is 2.98. The second-order valence-corrected chi connectivity index (χ2v) is 3.71. The van der Waals surface area contributed by atoms with Gasteiger partial charge in [-0.15, -0.1) is 12.6 Å². The second kappa shape index (κ2) is 5.70. The van der Waals surface area contributed by atoms with Gasteiger partial charge in [-0.3, -0.25) is 0 Å². The molecule has 0 amide bonds. The number of benzene rings is 1. The van der Waals surface area contributed by atoms with Crippen LogP contribution in [-0.2, 0) is 9.53 Å². The van der Waals surface area contributed by atoms with Crippen molar-refractivity contribution in [1.29, 1.82) is 0 Å². The van der Waals surface area contributed by atoms with Crippen LogP contribution in [0.25, 0.3) is 6.08 Å². The van der Waals surface area contributed by atoms with Crippen LogP contribution in [0, 0.1) is 12.7 Å². The molecule has 0 unspecified atom stereocenters. The van der Waals surface area contributed by atoms with Crippen LogP contribution in [0.4, 0.5) is 4.39 Å². The fourth-order valence-electron chi connectivity index (χ4n) is 1.19. The molecule has 0 aromatic heterocycles. The fraction of sp³-hybridized carbons (Fsp3) is 0.250. The van der Waals surface area contributed by atoms with Crippen LogP contribution in [0.2, 0.25) is 0 Å². The molecule has 1 rings (SSSR count). The molecule has 1 aromatic carbocycles. The topological polar surface area (TPSA) is 26.3 Å². The molecule has 0 aliphatic heterocycles. The molecule has 0 N–H and O–H groups in total. The number of hydrogen-bond acceptors (Lipinski definition) is 3. The molecule has 1 aromatic rings. The zero-order chi connectivity index (χ0) is 12.1. The fourth-order valence-corrected chi connectivity index (χ4v) is 1.40. The lowest BCUT2D eigenvalue weighted by molar-refractivity contribution is -0.137. The molecule has 0 saturated carbocycles. The number of thiol groups is 1. The Morgan fingerprint density at radius 3 is 2.88 bits per heavy atom. The van der Waals surface area contributed by atoms with E-state index in [9.17, 15) is 9.18 Å². The minimum absolute atomic E-state index is 0.0892. The normalized spacial score (nSPS) is 11.4. The maximum Gasteiger partial charge on any atom is 0.344 e. The first-order chi connectivity index (χ1) is 7.56. The molecule has 86 valence electrons. The Labute approximate surface area is 99.5 Å². The van der Waals surface area contributed by atoms with Crippen molar-refractivity contribution in [2.24, 2.45) is 0 Å². The van der Waals surface area contributed by atoms with Gasteiger partial charge in [-0.25, -0.2) is 9.18 Å². The Morgan fingerprint density at radius 2 is 2.25 bits per heavy atom. The van der Waals surface area contributed by atoms with Gasteiger partial charge in [-0.2, -0.15) is 0 Å². The highest BCUT2D eigenvalue weighted by molar-refractivity contribution is 7.85. The van der Waals surface area contributed by atoms with Crippen molar-refractivity contribution < 1.29 is 13.9 Å². The smallest absolute Gasteiger partial charge is 0.344 e.